The molecule has 2 aromatic rings. The van der Waals surface area contributed by atoms with Crippen molar-refractivity contribution < 1.29 is 9.53 Å². The van der Waals surface area contributed by atoms with Crippen LogP contribution in [0.2, 0.25) is 5.02 Å². The molecule has 0 unspecified atom stereocenters. The minimum Gasteiger partial charge on any atom is -0.478 e. The molecule has 0 aliphatic heterocycles. The first-order chi connectivity index (χ1) is 11.1. The Morgan fingerprint density at radius 3 is 2.38 bits per heavy atom. The zero-order valence-corrected chi connectivity index (χ0v) is 15.6. The molecule has 0 aliphatic rings. The average Bonchev–Trinajstić information content (AvgIpc) is 2.91. The van der Waals surface area contributed by atoms with Crippen molar-refractivity contribution in [1.29, 1.82) is 0 Å². The number of benzene rings is 1. The van der Waals surface area contributed by atoms with Gasteiger partial charge in [-0.25, -0.2) is 4.98 Å². The standard InChI is InChI=1S/C17H23ClN4O2/c1-9-7-13(8-10(2)14(9)18)24-17(5,6)16(23)19-11(3)15-20-12(4)21-22-15/h7-8,11H,1-6H3,(H,19,23)(H,20,21,22)/t11-/m0/s1. The van der Waals surface area contributed by atoms with E-state index in [1.165, 1.54) is 0 Å². The van der Waals surface area contributed by atoms with Crippen molar-refractivity contribution in [2.75, 3.05) is 0 Å². The lowest BCUT2D eigenvalue weighted by atomic mass is 10.1. The van der Waals surface area contributed by atoms with Gasteiger partial charge in [-0.05, 0) is 64.8 Å². The number of aryl methyl sites for hydroxylation is 3. The van der Waals surface area contributed by atoms with E-state index in [2.05, 4.69) is 20.5 Å². The zero-order valence-electron chi connectivity index (χ0n) is 14.8. The summed E-state index contributed by atoms with van der Waals surface area (Å²) in [6, 6.07) is 3.33. The molecule has 0 aliphatic carbocycles. The summed E-state index contributed by atoms with van der Waals surface area (Å²) in [4.78, 5) is 16.8. The minimum absolute atomic E-state index is 0.247. The fourth-order valence-corrected chi connectivity index (χ4v) is 2.40. The number of ether oxygens (including phenoxy) is 1. The van der Waals surface area contributed by atoms with Gasteiger partial charge in [0.1, 0.15) is 11.6 Å². The highest BCUT2D eigenvalue weighted by Crippen LogP contribution is 2.28. The number of hydrogen-bond donors (Lipinski definition) is 2. The highest BCUT2D eigenvalue weighted by Gasteiger charge is 2.32. The Hall–Kier alpha value is -2.08. The molecule has 0 saturated heterocycles. The molecular formula is C17H23ClN4O2. The van der Waals surface area contributed by atoms with Crippen molar-refractivity contribution >= 4 is 17.5 Å². The first kappa shape index (κ1) is 18.3. The van der Waals surface area contributed by atoms with Crippen LogP contribution in [0.1, 0.15) is 49.6 Å². The van der Waals surface area contributed by atoms with E-state index in [1.807, 2.05) is 39.8 Å². The van der Waals surface area contributed by atoms with Crippen LogP contribution in [0, 0.1) is 20.8 Å². The number of aromatic amines is 1. The normalized spacial score (nSPS) is 12.8. The van der Waals surface area contributed by atoms with Gasteiger partial charge >= 0.3 is 0 Å². The largest absolute Gasteiger partial charge is 0.478 e. The van der Waals surface area contributed by atoms with Crippen LogP contribution in [-0.4, -0.2) is 26.7 Å². The van der Waals surface area contributed by atoms with E-state index in [0.29, 0.717) is 22.4 Å². The SMILES string of the molecule is Cc1nc([C@H](C)NC(=O)C(C)(C)Oc2cc(C)c(Cl)c(C)c2)n[nH]1. The molecule has 1 heterocycles. The third kappa shape index (κ3) is 4.06. The van der Waals surface area contributed by atoms with Crippen molar-refractivity contribution in [3.05, 3.63) is 39.9 Å². The molecule has 7 heteroatoms. The summed E-state index contributed by atoms with van der Waals surface area (Å²) in [5.41, 5.74) is 0.770. The molecule has 130 valence electrons. The van der Waals surface area contributed by atoms with Gasteiger partial charge in [-0.2, -0.15) is 5.10 Å². The first-order valence-electron chi connectivity index (χ1n) is 7.76. The third-order valence-electron chi connectivity index (χ3n) is 3.68. The molecule has 2 rings (SSSR count). The topological polar surface area (TPSA) is 79.9 Å². The van der Waals surface area contributed by atoms with E-state index in [4.69, 9.17) is 16.3 Å². The molecule has 0 radical (unpaired) electrons. The molecule has 1 amide bonds. The molecule has 1 atom stereocenters. The van der Waals surface area contributed by atoms with Crippen LogP contribution in [0.4, 0.5) is 0 Å². The van der Waals surface area contributed by atoms with E-state index in [9.17, 15) is 4.79 Å². The van der Waals surface area contributed by atoms with E-state index in [-0.39, 0.29) is 11.9 Å². The molecular weight excluding hydrogens is 328 g/mol. The number of aromatic nitrogens is 3. The van der Waals surface area contributed by atoms with Crippen LogP contribution in [0.3, 0.4) is 0 Å². The van der Waals surface area contributed by atoms with Crippen LogP contribution < -0.4 is 10.1 Å². The lowest BCUT2D eigenvalue weighted by Gasteiger charge is -2.27. The fraction of sp³-hybridized carbons (Fsp3) is 0.471. The van der Waals surface area contributed by atoms with Gasteiger partial charge in [0.25, 0.3) is 5.91 Å². The summed E-state index contributed by atoms with van der Waals surface area (Å²) >= 11 is 6.17. The molecule has 6 nitrogen and oxygen atoms in total. The van der Waals surface area contributed by atoms with Crippen molar-refractivity contribution in [1.82, 2.24) is 20.5 Å². The van der Waals surface area contributed by atoms with E-state index >= 15 is 0 Å². The average molecular weight is 351 g/mol. The van der Waals surface area contributed by atoms with Gasteiger partial charge < -0.3 is 10.1 Å². The second kappa shape index (κ2) is 6.81. The molecule has 2 N–H and O–H groups in total. The maximum absolute atomic E-state index is 12.6. The number of amides is 1. The molecule has 0 bridgehead atoms. The van der Waals surface area contributed by atoms with Crippen LogP contribution in [0.25, 0.3) is 0 Å². The number of rotatable bonds is 5. The second-order valence-electron chi connectivity index (χ2n) is 6.46. The summed E-state index contributed by atoms with van der Waals surface area (Å²) in [6.45, 7) is 10.9. The molecule has 0 saturated carbocycles. The molecule has 1 aromatic heterocycles. The van der Waals surface area contributed by atoms with Crippen LogP contribution in [0.5, 0.6) is 5.75 Å². The van der Waals surface area contributed by atoms with E-state index in [1.54, 1.807) is 13.8 Å². The van der Waals surface area contributed by atoms with Gasteiger partial charge in [-0.15, -0.1) is 0 Å². The Kier molecular flexibility index (Phi) is 5.18. The Labute approximate surface area is 147 Å². The Morgan fingerprint density at radius 2 is 1.88 bits per heavy atom. The minimum atomic E-state index is -1.05. The zero-order chi connectivity index (χ0) is 18.1. The first-order valence-corrected chi connectivity index (χ1v) is 8.13. The molecule has 1 aromatic carbocycles. The van der Waals surface area contributed by atoms with E-state index < -0.39 is 5.60 Å². The number of carbonyl (C=O) groups is 1. The fourth-order valence-electron chi connectivity index (χ4n) is 2.29. The van der Waals surface area contributed by atoms with Crippen molar-refractivity contribution in [2.24, 2.45) is 0 Å². The maximum Gasteiger partial charge on any atom is 0.264 e. The molecule has 24 heavy (non-hydrogen) atoms. The van der Waals surface area contributed by atoms with Gasteiger partial charge in [-0.3, -0.25) is 9.89 Å². The lowest BCUT2D eigenvalue weighted by molar-refractivity contribution is -0.135. The number of nitrogens with one attached hydrogen (secondary N) is 2. The van der Waals surface area contributed by atoms with Gasteiger partial charge in [0.2, 0.25) is 0 Å². The smallest absolute Gasteiger partial charge is 0.264 e. The monoisotopic (exact) mass is 350 g/mol. The third-order valence-corrected chi connectivity index (χ3v) is 4.28. The Balaban J connectivity index is 2.10. The lowest BCUT2D eigenvalue weighted by Crippen LogP contribution is -2.47. The summed E-state index contributed by atoms with van der Waals surface area (Å²) in [6.07, 6.45) is 0. The molecule has 0 spiro atoms. The Bertz CT molecular complexity index is 732. The number of halogens is 1. The summed E-state index contributed by atoms with van der Waals surface area (Å²) < 4.78 is 5.90. The number of H-pyrrole nitrogens is 1. The summed E-state index contributed by atoms with van der Waals surface area (Å²) in [7, 11) is 0. The molecule has 0 fully saturated rings. The predicted molar refractivity (Wildman–Crippen MR) is 93.3 cm³/mol. The van der Waals surface area contributed by atoms with E-state index in [0.717, 1.165) is 11.1 Å². The van der Waals surface area contributed by atoms with Crippen molar-refractivity contribution in [3.8, 4) is 5.75 Å². The van der Waals surface area contributed by atoms with Crippen LogP contribution in [-0.2, 0) is 4.79 Å². The van der Waals surface area contributed by atoms with Crippen molar-refractivity contribution in [2.45, 2.75) is 53.2 Å². The number of carbonyl (C=O) groups excluding carboxylic acids is 1. The summed E-state index contributed by atoms with van der Waals surface area (Å²) in [5.74, 6) is 1.60. The van der Waals surface area contributed by atoms with Gasteiger partial charge in [-0.1, -0.05) is 11.6 Å². The highest BCUT2D eigenvalue weighted by atomic mass is 35.5. The maximum atomic E-state index is 12.6. The van der Waals surface area contributed by atoms with Gasteiger partial charge in [0, 0.05) is 5.02 Å². The highest BCUT2D eigenvalue weighted by molar-refractivity contribution is 6.32. The van der Waals surface area contributed by atoms with Crippen molar-refractivity contribution in [3.63, 3.8) is 0 Å². The number of nitrogens with zero attached hydrogens (tertiary/aromatic N) is 2. The van der Waals surface area contributed by atoms with Crippen LogP contribution in [0.15, 0.2) is 12.1 Å². The van der Waals surface area contributed by atoms with Gasteiger partial charge in [0.15, 0.2) is 11.4 Å². The predicted octanol–water partition coefficient (Wildman–Crippen LogP) is 3.42. The second-order valence-corrected chi connectivity index (χ2v) is 6.84. The number of hydrogen-bond acceptors (Lipinski definition) is 4. The Morgan fingerprint density at radius 1 is 1.29 bits per heavy atom. The van der Waals surface area contributed by atoms with Crippen LogP contribution >= 0.6 is 11.6 Å². The van der Waals surface area contributed by atoms with Gasteiger partial charge in [0.05, 0.1) is 6.04 Å². The summed E-state index contributed by atoms with van der Waals surface area (Å²) in [5, 5.41) is 10.4. The quantitative estimate of drug-likeness (QED) is 0.865.